The Balaban J connectivity index is 1.88. The molecule has 1 heterocycles. The molecule has 0 aliphatic carbocycles. The van der Waals surface area contributed by atoms with Crippen molar-refractivity contribution in [1.29, 1.82) is 0 Å². The van der Waals surface area contributed by atoms with E-state index in [1.54, 1.807) is 0 Å². The molecule has 96 valence electrons. The molecule has 0 fully saturated rings. The molecule has 0 aliphatic heterocycles. The lowest BCUT2D eigenvalue weighted by Gasteiger charge is -2.05. The third-order valence-electron chi connectivity index (χ3n) is 2.88. The van der Waals surface area contributed by atoms with Gasteiger partial charge in [0.25, 0.3) is 5.91 Å². The molecule has 0 aliphatic rings. The number of hydrogen-bond donors (Lipinski definition) is 3. The van der Waals surface area contributed by atoms with Crippen molar-refractivity contribution >= 4 is 16.8 Å². The zero-order valence-electron chi connectivity index (χ0n) is 10.6. The number of fused-ring (bicyclic) bond motifs is 1. The van der Waals surface area contributed by atoms with Crippen LogP contribution in [0.25, 0.3) is 10.9 Å². The van der Waals surface area contributed by atoms with E-state index in [0.29, 0.717) is 12.1 Å². The summed E-state index contributed by atoms with van der Waals surface area (Å²) in [7, 11) is 0. The van der Waals surface area contributed by atoms with E-state index in [2.05, 4.69) is 22.5 Å². The van der Waals surface area contributed by atoms with Crippen LogP contribution < -0.4 is 10.6 Å². The van der Waals surface area contributed by atoms with Crippen molar-refractivity contribution in [2.75, 3.05) is 19.6 Å². The molecule has 0 atom stereocenters. The van der Waals surface area contributed by atoms with Gasteiger partial charge in [-0.2, -0.15) is 0 Å². The lowest BCUT2D eigenvalue weighted by atomic mass is 10.1. The molecular weight excluding hydrogens is 226 g/mol. The minimum absolute atomic E-state index is 0.0111. The molecular formula is C14H19N3O. The fourth-order valence-corrected chi connectivity index (χ4v) is 1.88. The Morgan fingerprint density at radius 1 is 1.28 bits per heavy atom. The van der Waals surface area contributed by atoms with Gasteiger partial charge in [-0.1, -0.05) is 13.0 Å². The number of H-pyrrole nitrogens is 1. The number of amides is 1. The molecule has 2 rings (SSSR count). The monoisotopic (exact) mass is 245 g/mol. The van der Waals surface area contributed by atoms with Crippen LogP contribution in [0.15, 0.2) is 30.5 Å². The second-order valence-corrected chi connectivity index (χ2v) is 4.24. The average molecular weight is 245 g/mol. The fourth-order valence-electron chi connectivity index (χ4n) is 1.88. The van der Waals surface area contributed by atoms with Gasteiger partial charge in [-0.05, 0) is 43.1 Å². The zero-order valence-corrected chi connectivity index (χ0v) is 10.6. The first kappa shape index (κ1) is 12.6. The van der Waals surface area contributed by atoms with Gasteiger partial charge in [0.2, 0.25) is 0 Å². The lowest BCUT2D eigenvalue weighted by Crippen LogP contribution is -2.27. The molecule has 0 saturated carbocycles. The number of aromatic nitrogens is 1. The lowest BCUT2D eigenvalue weighted by molar-refractivity contribution is 0.0953. The Hall–Kier alpha value is -1.81. The molecule has 2 aromatic rings. The van der Waals surface area contributed by atoms with Crippen molar-refractivity contribution < 1.29 is 4.79 Å². The highest BCUT2D eigenvalue weighted by Crippen LogP contribution is 2.13. The van der Waals surface area contributed by atoms with E-state index in [9.17, 15) is 4.79 Å². The van der Waals surface area contributed by atoms with E-state index in [1.807, 2.05) is 30.5 Å². The normalized spacial score (nSPS) is 10.7. The van der Waals surface area contributed by atoms with E-state index in [-0.39, 0.29) is 5.91 Å². The van der Waals surface area contributed by atoms with Gasteiger partial charge in [-0.15, -0.1) is 0 Å². The first-order valence-electron chi connectivity index (χ1n) is 6.37. The van der Waals surface area contributed by atoms with Crippen LogP contribution in [-0.2, 0) is 0 Å². The second-order valence-electron chi connectivity index (χ2n) is 4.24. The van der Waals surface area contributed by atoms with E-state index in [0.717, 1.165) is 30.4 Å². The third kappa shape index (κ3) is 3.11. The molecule has 0 bridgehead atoms. The number of aromatic amines is 1. The van der Waals surface area contributed by atoms with Crippen LogP contribution in [0.5, 0.6) is 0 Å². The average Bonchev–Trinajstić information content (AvgIpc) is 2.85. The van der Waals surface area contributed by atoms with Gasteiger partial charge in [0.05, 0.1) is 0 Å². The minimum atomic E-state index is -0.0111. The van der Waals surface area contributed by atoms with Gasteiger partial charge >= 0.3 is 0 Å². The Bertz CT molecular complexity index is 518. The first-order valence-corrected chi connectivity index (χ1v) is 6.37. The summed E-state index contributed by atoms with van der Waals surface area (Å²) in [6, 6.07) is 7.69. The highest BCUT2D eigenvalue weighted by atomic mass is 16.1. The van der Waals surface area contributed by atoms with Crippen LogP contribution >= 0.6 is 0 Å². The zero-order chi connectivity index (χ0) is 12.8. The third-order valence-corrected chi connectivity index (χ3v) is 2.88. The summed E-state index contributed by atoms with van der Waals surface area (Å²) < 4.78 is 0. The highest BCUT2D eigenvalue weighted by molar-refractivity contribution is 5.97. The summed E-state index contributed by atoms with van der Waals surface area (Å²) in [5.74, 6) is -0.0111. The Morgan fingerprint density at radius 2 is 2.17 bits per heavy atom. The standard InChI is InChI=1S/C14H19N3O/c1-2-15-7-3-8-17-14(18)12-5-4-11-6-9-16-13(11)10-12/h4-6,9-10,15-16H,2-3,7-8H2,1H3,(H,17,18). The van der Waals surface area contributed by atoms with Crippen LogP contribution in [0, 0.1) is 0 Å². The van der Waals surface area contributed by atoms with Crippen molar-refractivity contribution in [3.63, 3.8) is 0 Å². The van der Waals surface area contributed by atoms with Gasteiger partial charge in [0.1, 0.15) is 0 Å². The molecule has 3 N–H and O–H groups in total. The van der Waals surface area contributed by atoms with Crippen molar-refractivity contribution in [2.45, 2.75) is 13.3 Å². The topological polar surface area (TPSA) is 56.9 Å². The second kappa shape index (κ2) is 6.21. The van der Waals surface area contributed by atoms with Crippen LogP contribution in [0.2, 0.25) is 0 Å². The molecule has 0 saturated heterocycles. The quantitative estimate of drug-likeness (QED) is 0.681. The SMILES string of the molecule is CCNCCCNC(=O)c1ccc2cc[nH]c2c1. The number of carbonyl (C=O) groups excluding carboxylic acids is 1. The smallest absolute Gasteiger partial charge is 0.251 e. The molecule has 1 aromatic carbocycles. The van der Waals surface area contributed by atoms with E-state index >= 15 is 0 Å². The number of rotatable bonds is 6. The van der Waals surface area contributed by atoms with Crippen molar-refractivity contribution in [3.8, 4) is 0 Å². The van der Waals surface area contributed by atoms with Gasteiger partial charge in [-0.25, -0.2) is 0 Å². The summed E-state index contributed by atoms with van der Waals surface area (Å²) in [6.07, 6.45) is 2.83. The number of nitrogens with one attached hydrogen (secondary N) is 3. The predicted octanol–water partition coefficient (Wildman–Crippen LogP) is 1.90. The Labute approximate surface area is 107 Å². The largest absolute Gasteiger partial charge is 0.361 e. The maximum absolute atomic E-state index is 11.9. The summed E-state index contributed by atoms with van der Waals surface area (Å²) in [5.41, 5.74) is 1.70. The maximum Gasteiger partial charge on any atom is 0.251 e. The van der Waals surface area contributed by atoms with Crippen LogP contribution in [0.3, 0.4) is 0 Å². The molecule has 1 aromatic heterocycles. The molecule has 18 heavy (non-hydrogen) atoms. The van der Waals surface area contributed by atoms with Gasteiger partial charge in [0, 0.05) is 23.8 Å². The number of carbonyl (C=O) groups is 1. The van der Waals surface area contributed by atoms with Gasteiger partial charge in [0.15, 0.2) is 0 Å². The first-order chi connectivity index (χ1) is 8.81. The molecule has 1 amide bonds. The summed E-state index contributed by atoms with van der Waals surface area (Å²) in [4.78, 5) is 15.0. The predicted molar refractivity (Wildman–Crippen MR) is 73.8 cm³/mol. The van der Waals surface area contributed by atoms with Crippen LogP contribution in [0.1, 0.15) is 23.7 Å². The summed E-state index contributed by atoms with van der Waals surface area (Å²) in [6.45, 7) is 4.68. The molecule has 0 unspecified atom stereocenters. The fraction of sp³-hybridized carbons (Fsp3) is 0.357. The Morgan fingerprint density at radius 3 is 3.00 bits per heavy atom. The van der Waals surface area contributed by atoms with E-state index in [4.69, 9.17) is 0 Å². The van der Waals surface area contributed by atoms with Gasteiger partial charge < -0.3 is 15.6 Å². The van der Waals surface area contributed by atoms with E-state index < -0.39 is 0 Å². The number of hydrogen-bond acceptors (Lipinski definition) is 2. The number of benzene rings is 1. The molecule has 4 nitrogen and oxygen atoms in total. The molecule has 0 spiro atoms. The maximum atomic E-state index is 11.9. The van der Waals surface area contributed by atoms with Crippen molar-refractivity contribution in [2.24, 2.45) is 0 Å². The summed E-state index contributed by atoms with van der Waals surface area (Å²) >= 11 is 0. The highest BCUT2D eigenvalue weighted by Gasteiger charge is 2.05. The van der Waals surface area contributed by atoms with E-state index in [1.165, 1.54) is 0 Å². The van der Waals surface area contributed by atoms with Crippen molar-refractivity contribution in [3.05, 3.63) is 36.0 Å². The van der Waals surface area contributed by atoms with Crippen molar-refractivity contribution in [1.82, 2.24) is 15.6 Å². The van der Waals surface area contributed by atoms with Crippen LogP contribution in [-0.4, -0.2) is 30.5 Å². The van der Waals surface area contributed by atoms with Crippen LogP contribution in [0.4, 0.5) is 0 Å². The van der Waals surface area contributed by atoms with Gasteiger partial charge in [-0.3, -0.25) is 4.79 Å². The minimum Gasteiger partial charge on any atom is -0.361 e. The molecule has 0 radical (unpaired) electrons. The summed E-state index contributed by atoms with van der Waals surface area (Å²) in [5, 5.41) is 7.27. The Kier molecular flexibility index (Phi) is 4.36. The molecule has 4 heteroatoms.